The number of carbonyl (C=O) groups is 2. The molecular formula is C24H18BrN3O7. The Hall–Kier alpha value is -3.73. The van der Waals surface area contributed by atoms with E-state index < -0.39 is 4.92 Å². The number of imide groups is 1. The van der Waals surface area contributed by atoms with Gasteiger partial charge in [0.1, 0.15) is 6.61 Å². The molecule has 4 atom stereocenters. The molecule has 0 spiro atoms. The molecule has 2 bridgehead atoms. The molecule has 2 aliphatic carbocycles. The van der Waals surface area contributed by atoms with E-state index in [0.717, 1.165) is 17.0 Å². The summed E-state index contributed by atoms with van der Waals surface area (Å²) in [7, 11) is 0. The van der Waals surface area contributed by atoms with Crippen LogP contribution < -0.4 is 14.2 Å². The number of halogens is 1. The number of carbonyl (C=O) groups excluding carboxylic acids is 2. The summed E-state index contributed by atoms with van der Waals surface area (Å²) in [5.74, 6) is -0.144. The second kappa shape index (κ2) is 8.19. The number of hydrogen-bond acceptors (Lipinski definition) is 8. The molecule has 6 rings (SSSR count). The number of nitro groups is 1. The van der Waals surface area contributed by atoms with Crippen molar-refractivity contribution in [3.05, 3.63) is 68.2 Å². The number of rotatable bonds is 6. The van der Waals surface area contributed by atoms with Gasteiger partial charge in [0.15, 0.2) is 11.5 Å². The Kier molecular flexibility index (Phi) is 5.10. The Morgan fingerprint density at radius 1 is 1.11 bits per heavy atom. The van der Waals surface area contributed by atoms with Gasteiger partial charge in [-0.3, -0.25) is 19.7 Å². The lowest BCUT2D eigenvalue weighted by molar-refractivity contribution is -0.386. The average Bonchev–Trinajstić information content (AvgIpc) is 3.61. The van der Waals surface area contributed by atoms with E-state index in [0.29, 0.717) is 16.0 Å². The topological polar surface area (TPSA) is 121 Å². The molecule has 2 fully saturated rings. The van der Waals surface area contributed by atoms with E-state index in [1.165, 1.54) is 12.3 Å². The van der Waals surface area contributed by atoms with Gasteiger partial charge in [-0.2, -0.15) is 10.1 Å². The highest BCUT2D eigenvalue weighted by Crippen LogP contribution is 2.52. The first-order chi connectivity index (χ1) is 16.9. The molecule has 11 heteroatoms. The first-order valence-corrected chi connectivity index (χ1v) is 11.8. The normalized spacial score (nSPS) is 25.7. The summed E-state index contributed by atoms with van der Waals surface area (Å²) in [6, 6.07) is 8.16. The van der Waals surface area contributed by atoms with Crippen LogP contribution >= 0.6 is 15.9 Å². The Balaban J connectivity index is 1.29. The monoisotopic (exact) mass is 539 g/mol. The van der Waals surface area contributed by atoms with E-state index in [-0.39, 0.29) is 65.9 Å². The number of benzene rings is 2. The molecule has 2 aromatic carbocycles. The Bertz CT molecular complexity index is 1310. The molecule has 0 unspecified atom stereocenters. The maximum atomic E-state index is 12.9. The SMILES string of the molecule is O=C1[C@@H]2[C@H](C(=O)N1N=Cc1cc(Br)cc([N+](=O)[O-])c1OCc1ccc3c(c1)OCO3)[C@H]1C=C[C@H]2C1. The number of amides is 2. The van der Waals surface area contributed by atoms with Crippen molar-refractivity contribution in [3.63, 3.8) is 0 Å². The minimum Gasteiger partial charge on any atom is -0.481 e. The van der Waals surface area contributed by atoms with Crippen LogP contribution in [0, 0.1) is 33.8 Å². The minimum atomic E-state index is -0.559. The third-order valence-electron chi connectivity index (χ3n) is 6.84. The van der Waals surface area contributed by atoms with E-state index in [4.69, 9.17) is 14.2 Å². The van der Waals surface area contributed by atoms with Crippen LogP contribution in [0.4, 0.5) is 5.69 Å². The predicted molar refractivity (Wildman–Crippen MR) is 125 cm³/mol. The molecule has 1 saturated heterocycles. The van der Waals surface area contributed by atoms with Gasteiger partial charge in [-0.1, -0.05) is 34.1 Å². The number of hydrazone groups is 1. The first-order valence-electron chi connectivity index (χ1n) is 11.0. The zero-order chi connectivity index (χ0) is 24.3. The van der Waals surface area contributed by atoms with E-state index in [1.54, 1.807) is 24.3 Å². The Morgan fingerprint density at radius 3 is 2.54 bits per heavy atom. The van der Waals surface area contributed by atoms with Gasteiger partial charge in [0.25, 0.3) is 11.8 Å². The highest BCUT2D eigenvalue weighted by atomic mass is 79.9. The van der Waals surface area contributed by atoms with Gasteiger partial charge >= 0.3 is 5.69 Å². The van der Waals surface area contributed by atoms with E-state index in [2.05, 4.69) is 21.0 Å². The van der Waals surface area contributed by atoms with Crippen molar-refractivity contribution in [1.29, 1.82) is 0 Å². The lowest BCUT2D eigenvalue weighted by Gasteiger charge is -2.13. The van der Waals surface area contributed by atoms with Crippen molar-refractivity contribution >= 4 is 39.6 Å². The number of fused-ring (bicyclic) bond motifs is 6. The van der Waals surface area contributed by atoms with Gasteiger partial charge < -0.3 is 14.2 Å². The van der Waals surface area contributed by atoms with Crippen LogP contribution in [-0.2, 0) is 16.2 Å². The third kappa shape index (κ3) is 3.57. The number of hydrogen-bond donors (Lipinski definition) is 0. The number of nitro benzene ring substituents is 1. The zero-order valence-corrected chi connectivity index (χ0v) is 19.7. The molecule has 2 amide bonds. The summed E-state index contributed by atoms with van der Waals surface area (Å²) in [6.45, 7) is 0.145. The molecule has 1 saturated carbocycles. The minimum absolute atomic E-state index is 0.0146. The molecule has 10 nitrogen and oxygen atoms in total. The number of allylic oxidation sites excluding steroid dienone is 2. The van der Waals surface area contributed by atoms with Crippen LogP contribution in [0.2, 0.25) is 0 Å². The lowest BCUT2D eigenvalue weighted by atomic mass is 9.85. The fourth-order valence-electron chi connectivity index (χ4n) is 5.30. The molecule has 2 heterocycles. The van der Waals surface area contributed by atoms with Crippen molar-refractivity contribution < 1.29 is 28.7 Å². The molecular weight excluding hydrogens is 522 g/mol. The highest BCUT2D eigenvalue weighted by Gasteiger charge is 2.59. The van der Waals surface area contributed by atoms with Crippen LogP contribution in [0.5, 0.6) is 17.2 Å². The van der Waals surface area contributed by atoms with Gasteiger partial charge in [-0.15, -0.1) is 0 Å². The maximum Gasteiger partial charge on any atom is 0.312 e. The molecule has 0 radical (unpaired) electrons. The molecule has 2 aliphatic heterocycles. The molecule has 178 valence electrons. The van der Waals surface area contributed by atoms with E-state index >= 15 is 0 Å². The summed E-state index contributed by atoms with van der Waals surface area (Å²) < 4.78 is 17.0. The van der Waals surface area contributed by atoms with Crippen molar-refractivity contribution in [2.75, 3.05) is 6.79 Å². The van der Waals surface area contributed by atoms with Gasteiger partial charge in [0.2, 0.25) is 12.5 Å². The molecule has 4 aliphatic rings. The third-order valence-corrected chi connectivity index (χ3v) is 7.30. The molecule has 0 aromatic heterocycles. The van der Waals surface area contributed by atoms with Gasteiger partial charge in [-0.25, -0.2) is 0 Å². The summed E-state index contributed by atoms with van der Waals surface area (Å²) in [5, 5.41) is 16.8. The smallest absolute Gasteiger partial charge is 0.312 e. The predicted octanol–water partition coefficient (Wildman–Crippen LogP) is 3.81. The average molecular weight is 540 g/mol. The molecule has 0 N–H and O–H groups in total. The second-order valence-corrected chi connectivity index (χ2v) is 9.73. The van der Waals surface area contributed by atoms with Gasteiger partial charge in [-0.05, 0) is 42.0 Å². The summed E-state index contributed by atoms with van der Waals surface area (Å²) in [5.41, 5.74) is 0.695. The summed E-state index contributed by atoms with van der Waals surface area (Å²) in [4.78, 5) is 37.1. The fraction of sp³-hybridized carbons (Fsp3) is 0.292. The fourth-order valence-corrected chi connectivity index (χ4v) is 5.76. The van der Waals surface area contributed by atoms with Crippen LogP contribution in [-0.4, -0.2) is 34.8 Å². The highest BCUT2D eigenvalue weighted by molar-refractivity contribution is 9.10. The van der Waals surface area contributed by atoms with Gasteiger partial charge in [0, 0.05) is 16.1 Å². The summed E-state index contributed by atoms with van der Waals surface area (Å²) in [6.07, 6.45) is 6.09. The van der Waals surface area contributed by atoms with Crippen LogP contribution in [0.3, 0.4) is 0 Å². The van der Waals surface area contributed by atoms with Gasteiger partial charge in [0.05, 0.1) is 23.0 Å². The number of ether oxygens (including phenoxy) is 3. The Labute approximate surface area is 207 Å². The molecule has 35 heavy (non-hydrogen) atoms. The van der Waals surface area contributed by atoms with E-state index in [1.807, 2.05) is 12.2 Å². The van der Waals surface area contributed by atoms with Crippen LogP contribution in [0.15, 0.2) is 52.1 Å². The van der Waals surface area contributed by atoms with Crippen molar-refractivity contribution in [2.45, 2.75) is 13.0 Å². The summed E-state index contributed by atoms with van der Waals surface area (Å²) >= 11 is 3.28. The second-order valence-electron chi connectivity index (χ2n) is 8.81. The Morgan fingerprint density at radius 2 is 1.83 bits per heavy atom. The van der Waals surface area contributed by atoms with Crippen molar-refractivity contribution in [3.8, 4) is 17.2 Å². The van der Waals surface area contributed by atoms with Crippen LogP contribution in [0.25, 0.3) is 0 Å². The number of nitrogens with zero attached hydrogens (tertiary/aromatic N) is 3. The largest absolute Gasteiger partial charge is 0.481 e. The van der Waals surface area contributed by atoms with Crippen molar-refractivity contribution in [2.24, 2.45) is 28.8 Å². The lowest BCUT2D eigenvalue weighted by Crippen LogP contribution is -2.28. The van der Waals surface area contributed by atoms with E-state index in [9.17, 15) is 19.7 Å². The first kappa shape index (κ1) is 21.8. The van der Waals surface area contributed by atoms with Crippen LogP contribution in [0.1, 0.15) is 17.5 Å². The molecule has 2 aromatic rings. The quantitative estimate of drug-likeness (QED) is 0.180. The zero-order valence-electron chi connectivity index (χ0n) is 18.1. The maximum absolute atomic E-state index is 12.9. The standard InChI is InChI=1S/C24H18BrN3O7/c25-16-7-15(9-26-27-23(29)20-13-2-3-14(6-13)21(20)24(27)30)22(17(8-16)28(31)32)33-10-12-1-4-18-19(5-12)35-11-34-18/h1-5,7-9,13-14,20-21H,6,10-11H2/t13-,14-,20-,21+/m0/s1. The van der Waals surface area contributed by atoms with Crippen molar-refractivity contribution in [1.82, 2.24) is 5.01 Å².